The van der Waals surface area contributed by atoms with Crippen molar-refractivity contribution in [2.24, 2.45) is 5.92 Å². The molecule has 7 nitrogen and oxygen atoms in total. The molecule has 4 N–H and O–H groups in total. The van der Waals surface area contributed by atoms with Crippen molar-refractivity contribution in [3.05, 3.63) is 35.5 Å². The number of nitriles is 1. The number of aromatic nitrogens is 2. The van der Waals surface area contributed by atoms with Gasteiger partial charge in [0.2, 0.25) is 5.95 Å². The molecule has 0 atom stereocenters. The van der Waals surface area contributed by atoms with Crippen LogP contribution in [0.2, 0.25) is 0 Å². The van der Waals surface area contributed by atoms with Crippen LogP contribution in [-0.4, -0.2) is 29.3 Å². The van der Waals surface area contributed by atoms with E-state index in [4.69, 9.17) is 10.7 Å². The van der Waals surface area contributed by atoms with E-state index in [-0.39, 0.29) is 18.3 Å². The molecule has 3 rings (SSSR count). The fourth-order valence-electron chi connectivity index (χ4n) is 2.59. The van der Waals surface area contributed by atoms with Gasteiger partial charge in [0, 0.05) is 30.2 Å². The van der Waals surface area contributed by atoms with Gasteiger partial charge in [-0.15, -0.1) is 0 Å². The van der Waals surface area contributed by atoms with Crippen molar-refractivity contribution in [1.82, 2.24) is 9.97 Å². The van der Waals surface area contributed by atoms with E-state index in [9.17, 15) is 13.2 Å². The fourth-order valence-corrected chi connectivity index (χ4v) is 2.59. The minimum Gasteiger partial charge on any atom is -0.372 e. The van der Waals surface area contributed by atoms with Crippen molar-refractivity contribution in [3.63, 3.8) is 0 Å². The maximum absolute atomic E-state index is 13.2. The van der Waals surface area contributed by atoms with E-state index in [1.54, 1.807) is 18.2 Å². The standard InChI is InChI=1S/C18H18F3N7/c19-18(20,21)13-10-26-17(28-16(13)25-9-11-4-5-11)27-15-3-1-2-14(12(15)8-23)24-7-6-22/h1-3,8,10-11,23-24H,4-5,7,9H2,(H2,25,26,27,28). The molecule has 1 fully saturated rings. The second-order valence-corrected chi connectivity index (χ2v) is 6.33. The van der Waals surface area contributed by atoms with Crippen molar-refractivity contribution in [1.29, 1.82) is 10.7 Å². The van der Waals surface area contributed by atoms with Crippen molar-refractivity contribution in [3.8, 4) is 6.07 Å². The Morgan fingerprint density at radius 2 is 2.00 bits per heavy atom. The lowest BCUT2D eigenvalue weighted by molar-refractivity contribution is -0.137. The van der Waals surface area contributed by atoms with Gasteiger partial charge in [-0.3, -0.25) is 0 Å². The van der Waals surface area contributed by atoms with Gasteiger partial charge in [0.25, 0.3) is 0 Å². The lowest BCUT2D eigenvalue weighted by atomic mass is 10.1. The van der Waals surface area contributed by atoms with Crippen LogP contribution >= 0.6 is 0 Å². The molecule has 0 bridgehead atoms. The number of nitrogens with zero attached hydrogens (tertiary/aromatic N) is 3. The van der Waals surface area contributed by atoms with E-state index in [2.05, 4.69) is 25.9 Å². The average molecular weight is 389 g/mol. The summed E-state index contributed by atoms with van der Waals surface area (Å²) in [4.78, 5) is 7.78. The van der Waals surface area contributed by atoms with Crippen LogP contribution < -0.4 is 16.0 Å². The van der Waals surface area contributed by atoms with Gasteiger partial charge >= 0.3 is 6.18 Å². The first-order valence-corrected chi connectivity index (χ1v) is 8.62. The Kier molecular flexibility index (Phi) is 5.63. The summed E-state index contributed by atoms with van der Waals surface area (Å²) in [6.07, 6.45) is -0.748. The topological polar surface area (TPSA) is 110 Å². The first-order chi connectivity index (χ1) is 13.4. The molecule has 0 unspecified atom stereocenters. The van der Waals surface area contributed by atoms with Gasteiger partial charge in [-0.2, -0.15) is 23.4 Å². The predicted molar refractivity (Wildman–Crippen MR) is 100.0 cm³/mol. The highest BCUT2D eigenvalue weighted by Gasteiger charge is 2.35. The minimum absolute atomic E-state index is 0.0215. The third-order valence-corrected chi connectivity index (χ3v) is 4.20. The highest BCUT2D eigenvalue weighted by Crippen LogP contribution is 2.36. The van der Waals surface area contributed by atoms with Crippen molar-refractivity contribution in [2.45, 2.75) is 19.0 Å². The third kappa shape index (κ3) is 4.68. The van der Waals surface area contributed by atoms with Gasteiger partial charge in [0.05, 0.1) is 11.8 Å². The van der Waals surface area contributed by atoms with E-state index in [0.717, 1.165) is 25.3 Å². The van der Waals surface area contributed by atoms with E-state index in [1.165, 1.54) is 0 Å². The van der Waals surface area contributed by atoms with Gasteiger partial charge in [-0.25, -0.2) is 4.98 Å². The van der Waals surface area contributed by atoms with Crippen LogP contribution in [0, 0.1) is 22.7 Å². The Morgan fingerprint density at radius 3 is 2.64 bits per heavy atom. The number of hydrogen-bond donors (Lipinski definition) is 4. The van der Waals surface area contributed by atoms with Crippen molar-refractivity contribution < 1.29 is 13.2 Å². The summed E-state index contributed by atoms with van der Waals surface area (Å²) in [5.74, 6) is 0.0822. The molecule has 0 amide bonds. The molecule has 0 aliphatic heterocycles. The molecule has 0 spiro atoms. The molecule has 1 aliphatic rings. The number of benzene rings is 1. The van der Waals surface area contributed by atoms with Crippen LogP contribution in [0.3, 0.4) is 0 Å². The van der Waals surface area contributed by atoms with Crippen LogP contribution in [0.4, 0.5) is 36.3 Å². The summed E-state index contributed by atoms with van der Waals surface area (Å²) in [6, 6.07) is 6.98. The van der Waals surface area contributed by atoms with E-state index in [1.807, 2.05) is 6.07 Å². The summed E-state index contributed by atoms with van der Waals surface area (Å²) >= 11 is 0. The maximum atomic E-state index is 13.2. The summed E-state index contributed by atoms with van der Waals surface area (Å²) in [6.45, 7) is 0.481. The van der Waals surface area contributed by atoms with Crippen LogP contribution in [0.15, 0.2) is 24.4 Å². The number of nitrogens with one attached hydrogen (secondary N) is 4. The third-order valence-electron chi connectivity index (χ3n) is 4.20. The minimum atomic E-state index is -4.56. The van der Waals surface area contributed by atoms with E-state index >= 15 is 0 Å². The number of halogens is 3. The van der Waals surface area contributed by atoms with Gasteiger partial charge in [-0.05, 0) is 30.9 Å². The molecular formula is C18H18F3N7. The van der Waals surface area contributed by atoms with Crippen molar-refractivity contribution >= 4 is 29.4 Å². The zero-order valence-corrected chi connectivity index (χ0v) is 14.8. The second-order valence-electron chi connectivity index (χ2n) is 6.33. The monoisotopic (exact) mass is 389 g/mol. The first-order valence-electron chi connectivity index (χ1n) is 8.62. The molecule has 28 heavy (non-hydrogen) atoms. The second kappa shape index (κ2) is 8.12. The van der Waals surface area contributed by atoms with Crippen LogP contribution in [0.5, 0.6) is 0 Å². The number of hydrogen-bond acceptors (Lipinski definition) is 7. The van der Waals surface area contributed by atoms with Gasteiger partial charge in [-0.1, -0.05) is 6.07 Å². The Labute approximate surface area is 159 Å². The number of anilines is 4. The molecule has 1 aromatic heterocycles. The molecule has 2 aromatic rings. The quantitative estimate of drug-likeness (QED) is 0.401. The largest absolute Gasteiger partial charge is 0.421 e. The van der Waals surface area contributed by atoms with Crippen molar-refractivity contribution in [2.75, 3.05) is 29.0 Å². The average Bonchev–Trinajstić information content (AvgIpc) is 3.48. The molecule has 0 radical (unpaired) electrons. The number of rotatable bonds is 8. The SMILES string of the molecule is N#CCNc1cccc(Nc2ncc(C(F)(F)F)c(NCC3CC3)n2)c1C=N. The van der Waals surface area contributed by atoms with Gasteiger partial charge in [0.1, 0.15) is 17.9 Å². The van der Waals surface area contributed by atoms with E-state index < -0.39 is 11.7 Å². The zero-order valence-electron chi connectivity index (χ0n) is 14.8. The Bertz CT molecular complexity index is 901. The highest BCUT2D eigenvalue weighted by molar-refractivity contribution is 5.94. The first kappa shape index (κ1) is 19.4. The normalized spacial score (nSPS) is 13.5. The Morgan fingerprint density at radius 1 is 1.25 bits per heavy atom. The Hall–Kier alpha value is -3.35. The molecule has 10 heteroatoms. The van der Waals surface area contributed by atoms with Crippen LogP contribution in [-0.2, 0) is 6.18 Å². The van der Waals surface area contributed by atoms with E-state index in [0.29, 0.717) is 29.4 Å². The fraction of sp³-hybridized carbons (Fsp3) is 0.333. The summed E-state index contributed by atoms with van der Waals surface area (Å²) in [7, 11) is 0. The lowest BCUT2D eigenvalue weighted by Crippen LogP contribution is -2.16. The molecule has 0 saturated heterocycles. The maximum Gasteiger partial charge on any atom is 0.421 e. The molecule has 146 valence electrons. The summed E-state index contributed by atoms with van der Waals surface area (Å²) < 4.78 is 39.7. The molecule has 1 saturated carbocycles. The van der Waals surface area contributed by atoms with Gasteiger partial charge < -0.3 is 21.4 Å². The predicted octanol–water partition coefficient (Wildman–Crippen LogP) is 3.99. The summed E-state index contributed by atoms with van der Waals surface area (Å²) in [5, 5.41) is 24.8. The molecule has 1 aliphatic carbocycles. The van der Waals surface area contributed by atoms with Gasteiger partial charge in [0.15, 0.2) is 0 Å². The molecule has 1 aromatic carbocycles. The smallest absolute Gasteiger partial charge is 0.372 e. The Balaban J connectivity index is 1.88. The zero-order chi connectivity index (χ0) is 20.1. The lowest BCUT2D eigenvalue weighted by Gasteiger charge is -2.16. The highest BCUT2D eigenvalue weighted by atomic mass is 19.4. The van der Waals surface area contributed by atoms with Crippen LogP contribution in [0.25, 0.3) is 0 Å². The molecule has 1 heterocycles. The van der Waals surface area contributed by atoms with Crippen LogP contribution in [0.1, 0.15) is 24.0 Å². The number of alkyl halides is 3. The summed E-state index contributed by atoms with van der Waals surface area (Å²) in [5.41, 5.74) is 0.496. The molecular weight excluding hydrogens is 371 g/mol.